The van der Waals surface area contributed by atoms with Gasteiger partial charge < -0.3 is 16.8 Å². The first-order chi connectivity index (χ1) is 6.85. The standard InChI is InChI=1S/C10H21N3O2/c1-4-10(12,5-2)9(15)13-7(3)6-8(11)14/h7H,4-6,12H2,1-3H3,(H2,11,14)(H,13,15). The Bertz CT molecular complexity index is 237. The fraction of sp³-hybridized carbons (Fsp3) is 0.800. The van der Waals surface area contributed by atoms with E-state index in [0.717, 1.165) is 0 Å². The van der Waals surface area contributed by atoms with Crippen LogP contribution in [0.4, 0.5) is 0 Å². The van der Waals surface area contributed by atoms with Crippen LogP contribution in [0.25, 0.3) is 0 Å². The van der Waals surface area contributed by atoms with Crippen molar-refractivity contribution >= 4 is 11.8 Å². The highest BCUT2D eigenvalue weighted by atomic mass is 16.2. The summed E-state index contributed by atoms with van der Waals surface area (Å²) < 4.78 is 0. The number of hydrogen-bond acceptors (Lipinski definition) is 3. The Kier molecular flexibility index (Phi) is 5.28. The van der Waals surface area contributed by atoms with Gasteiger partial charge in [-0.1, -0.05) is 13.8 Å². The van der Waals surface area contributed by atoms with Gasteiger partial charge in [0.25, 0.3) is 0 Å². The van der Waals surface area contributed by atoms with Crippen molar-refractivity contribution in [2.24, 2.45) is 11.5 Å². The molecule has 0 heterocycles. The second-order valence-electron chi connectivity index (χ2n) is 3.91. The summed E-state index contributed by atoms with van der Waals surface area (Å²) in [4.78, 5) is 22.4. The molecule has 1 atom stereocenters. The molecule has 0 aliphatic rings. The van der Waals surface area contributed by atoms with Crippen molar-refractivity contribution in [3.05, 3.63) is 0 Å². The molecule has 88 valence electrons. The number of amides is 2. The molecular weight excluding hydrogens is 194 g/mol. The largest absolute Gasteiger partial charge is 0.370 e. The normalized spacial score (nSPS) is 13.3. The van der Waals surface area contributed by atoms with Crippen LogP contribution in [0, 0.1) is 0 Å². The van der Waals surface area contributed by atoms with Gasteiger partial charge in [0.15, 0.2) is 0 Å². The van der Waals surface area contributed by atoms with E-state index in [9.17, 15) is 9.59 Å². The van der Waals surface area contributed by atoms with Crippen LogP contribution >= 0.6 is 0 Å². The Balaban J connectivity index is 4.28. The summed E-state index contributed by atoms with van der Waals surface area (Å²) in [6.07, 6.45) is 1.27. The van der Waals surface area contributed by atoms with Gasteiger partial charge >= 0.3 is 0 Å². The minimum absolute atomic E-state index is 0.134. The predicted octanol–water partition coefficient (Wildman–Crippen LogP) is -0.116. The van der Waals surface area contributed by atoms with E-state index in [1.165, 1.54) is 0 Å². The fourth-order valence-corrected chi connectivity index (χ4v) is 1.29. The molecule has 0 aliphatic heterocycles. The van der Waals surface area contributed by atoms with Gasteiger partial charge in [-0.2, -0.15) is 0 Å². The van der Waals surface area contributed by atoms with Crippen LogP contribution in [0.3, 0.4) is 0 Å². The topological polar surface area (TPSA) is 98.2 Å². The van der Waals surface area contributed by atoms with Crippen molar-refractivity contribution in [1.29, 1.82) is 0 Å². The van der Waals surface area contributed by atoms with Crippen molar-refractivity contribution in [3.63, 3.8) is 0 Å². The van der Waals surface area contributed by atoms with E-state index in [2.05, 4.69) is 5.32 Å². The highest BCUT2D eigenvalue weighted by Gasteiger charge is 2.30. The van der Waals surface area contributed by atoms with Crippen molar-refractivity contribution < 1.29 is 9.59 Å². The average molecular weight is 215 g/mol. The molecule has 0 aromatic heterocycles. The highest BCUT2D eigenvalue weighted by molar-refractivity contribution is 5.86. The van der Waals surface area contributed by atoms with Crippen molar-refractivity contribution in [1.82, 2.24) is 5.32 Å². The van der Waals surface area contributed by atoms with E-state index < -0.39 is 11.4 Å². The number of primary amides is 1. The summed E-state index contributed by atoms with van der Waals surface area (Å²) in [5.74, 6) is -0.653. The first-order valence-electron chi connectivity index (χ1n) is 5.23. The zero-order valence-electron chi connectivity index (χ0n) is 9.67. The van der Waals surface area contributed by atoms with Gasteiger partial charge in [-0.25, -0.2) is 0 Å². The minimum atomic E-state index is -0.841. The Morgan fingerprint density at radius 2 is 1.80 bits per heavy atom. The lowest BCUT2D eigenvalue weighted by atomic mass is 9.93. The van der Waals surface area contributed by atoms with Gasteiger partial charge in [0.05, 0.1) is 5.54 Å². The summed E-state index contributed by atoms with van der Waals surface area (Å²) in [5.41, 5.74) is 10.1. The van der Waals surface area contributed by atoms with Crippen LogP contribution in [-0.4, -0.2) is 23.4 Å². The summed E-state index contributed by atoms with van der Waals surface area (Å²) >= 11 is 0. The molecule has 0 saturated carbocycles. The third kappa shape index (κ3) is 4.29. The van der Waals surface area contributed by atoms with E-state index in [1.807, 2.05) is 13.8 Å². The summed E-state index contributed by atoms with van der Waals surface area (Å²) in [6.45, 7) is 5.46. The molecule has 2 amide bonds. The molecule has 0 fully saturated rings. The molecule has 5 N–H and O–H groups in total. The predicted molar refractivity (Wildman–Crippen MR) is 58.9 cm³/mol. The number of carbonyl (C=O) groups is 2. The molecule has 0 rings (SSSR count). The van der Waals surface area contributed by atoms with Gasteiger partial charge in [-0.05, 0) is 19.8 Å². The Labute approximate surface area is 90.6 Å². The van der Waals surface area contributed by atoms with Crippen molar-refractivity contribution in [2.75, 3.05) is 0 Å². The van der Waals surface area contributed by atoms with Crippen LogP contribution < -0.4 is 16.8 Å². The molecule has 0 saturated heterocycles. The third-order valence-corrected chi connectivity index (χ3v) is 2.60. The molecular formula is C10H21N3O2. The second kappa shape index (κ2) is 5.70. The molecule has 0 spiro atoms. The van der Waals surface area contributed by atoms with Gasteiger partial charge in [-0.15, -0.1) is 0 Å². The van der Waals surface area contributed by atoms with Gasteiger partial charge in [0.2, 0.25) is 11.8 Å². The number of rotatable bonds is 6. The summed E-state index contributed by atoms with van der Waals surface area (Å²) in [6, 6.07) is -0.268. The number of nitrogens with one attached hydrogen (secondary N) is 1. The van der Waals surface area contributed by atoms with Crippen LogP contribution in [0.2, 0.25) is 0 Å². The molecule has 0 aliphatic carbocycles. The Morgan fingerprint density at radius 1 is 1.33 bits per heavy atom. The number of nitrogens with two attached hydrogens (primary N) is 2. The van der Waals surface area contributed by atoms with Crippen LogP contribution in [-0.2, 0) is 9.59 Å². The first kappa shape index (κ1) is 13.9. The fourth-order valence-electron chi connectivity index (χ4n) is 1.29. The third-order valence-electron chi connectivity index (χ3n) is 2.60. The summed E-state index contributed by atoms with van der Waals surface area (Å²) in [5, 5.41) is 2.69. The van der Waals surface area contributed by atoms with E-state index in [0.29, 0.717) is 12.8 Å². The van der Waals surface area contributed by atoms with Crippen molar-refractivity contribution in [3.8, 4) is 0 Å². The molecule has 0 bridgehead atoms. The monoisotopic (exact) mass is 215 g/mol. The average Bonchev–Trinajstić information content (AvgIpc) is 2.15. The molecule has 0 radical (unpaired) electrons. The molecule has 5 heteroatoms. The van der Waals surface area contributed by atoms with Crippen LogP contribution in [0.5, 0.6) is 0 Å². The van der Waals surface area contributed by atoms with E-state index in [1.54, 1.807) is 6.92 Å². The van der Waals surface area contributed by atoms with Gasteiger partial charge in [-0.3, -0.25) is 9.59 Å². The zero-order chi connectivity index (χ0) is 12.1. The summed E-state index contributed by atoms with van der Waals surface area (Å²) in [7, 11) is 0. The Morgan fingerprint density at radius 3 is 2.13 bits per heavy atom. The maximum Gasteiger partial charge on any atom is 0.240 e. The molecule has 1 unspecified atom stereocenters. The van der Waals surface area contributed by atoms with Gasteiger partial charge in [0, 0.05) is 12.5 Å². The SMILES string of the molecule is CCC(N)(CC)C(=O)NC(C)CC(N)=O. The zero-order valence-corrected chi connectivity index (χ0v) is 9.67. The van der Waals surface area contributed by atoms with Crippen molar-refractivity contribution in [2.45, 2.75) is 51.6 Å². The number of carbonyl (C=O) groups excluding carboxylic acids is 2. The quantitative estimate of drug-likeness (QED) is 0.576. The smallest absolute Gasteiger partial charge is 0.240 e. The Hall–Kier alpha value is -1.10. The van der Waals surface area contributed by atoms with E-state index in [4.69, 9.17) is 11.5 Å². The molecule has 0 aromatic carbocycles. The van der Waals surface area contributed by atoms with Crippen LogP contribution in [0.1, 0.15) is 40.0 Å². The molecule has 15 heavy (non-hydrogen) atoms. The van der Waals surface area contributed by atoms with Gasteiger partial charge in [0.1, 0.15) is 0 Å². The van der Waals surface area contributed by atoms with Crippen LogP contribution in [0.15, 0.2) is 0 Å². The minimum Gasteiger partial charge on any atom is -0.370 e. The maximum atomic E-state index is 11.7. The lowest BCUT2D eigenvalue weighted by Gasteiger charge is -2.27. The lowest BCUT2D eigenvalue weighted by Crippen LogP contribution is -2.55. The number of hydrogen-bond donors (Lipinski definition) is 3. The molecule has 5 nitrogen and oxygen atoms in total. The maximum absolute atomic E-state index is 11.7. The van der Waals surface area contributed by atoms with E-state index >= 15 is 0 Å². The highest BCUT2D eigenvalue weighted by Crippen LogP contribution is 2.11. The lowest BCUT2D eigenvalue weighted by molar-refractivity contribution is -0.127. The second-order valence-corrected chi connectivity index (χ2v) is 3.91. The first-order valence-corrected chi connectivity index (χ1v) is 5.23. The molecule has 0 aromatic rings. The van der Waals surface area contributed by atoms with E-state index in [-0.39, 0.29) is 18.4 Å².